The number of carbonyl (C=O) groups is 1. The van der Waals surface area contributed by atoms with Gasteiger partial charge in [0.2, 0.25) is 5.91 Å². The molecule has 116 valence electrons. The molecule has 1 aromatic rings. The molecule has 5 atom stereocenters. The van der Waals surface area contributed by atoms with Gasteiger partial charge in [-0.3, -0.25) is 9.48 Å². The van der Waals surface area contributed by atoms with Gasteiger partial charge in [0.15, 0.2) is 0 Å². The number of hydrogen-bond donors (Lipinski definition) is 2. The van der Waals surface area contributed by atoms with E-state index in [9.17, 15) is 15.0 Å². The number of aliphatic hydroxyl groups excluding tert-OH is 2. The summed E-state index contributed by atoms with van der Waals surface area (Å²) < 4.78 is 1.78. The number of aliphatic hydroxyl groups is 2. The summed E-state index contributed by atoms with van der Waals surface area (Å²) in [6.07, 6.45) is 3.50. The summed E-state index contributed by atoms with van der Waals surface area (Å²) in [7, 11) is 0. The van der Waals surface area contributed by atoms with E-state index in [0.717, 1.165) is 0 Å². The van der Waals surface area contributed by atoms with Crippen LogP contribution in [0.2, 0.25) is 0 Å². The highest BCUT2D eigenvalue weighted by atomic mass is 16.3. The maximum atomic E-state index is 12.5. The van der Waals surface area contributed by atoms with Crippen LogP contribution in [-0.2, 0) is 11.3 Å². The molecule has 1 aromatic heterocycles. The number of aromatic nitrogens is 2. The maximum absolute atomic E-state index is 12.5. The predicted octanol–water partition coefficient (Wildman–Crippen LogP) is 0.109. The van der Waals surface area contributed by atoms with Gasteiger partial charge in [-0.1, -0.05) is 6.92 Å². The third-order valence-corrected chi connectivity index (χ3v) is 4.86. The van der Waals surface area contributed by atoms with Crippen molar-refractivity contribution in [1.82, 2.24) is 14.7 Å². The van der Waals surface area contributed by atoms with Gasteiger partial charge in [-0.05, 0) is 30.7 Å². The number of rotatable bonds is 3. The number of fused-ring (bicyclic) bond motifs is 1. The van der Waals surface area contributed by atoms with Crippen LogP contribution >= 0.6 is 0 Å². The lowest BCUT2D eigenvalue weighted by molar-refractivity contribution is -0.134. The van der Waals surface area contributed by atoms with E-state index in [0.29, 0.717) is 44.3 Å². The van der Waals surface area contributed by atoms with Gasteiger partial charge in [0.25, 0.3) is 0 Å². The fraction of sp³-hybridized carbons (Fsp3) is 0.733. The molecule has 6 nitrogen and oxygen atoms in total. The molecule has 2 fully saturated rings. The van der Waals surface area contributed by atoms with Gasteiger partial charge in [-0.2, -0.15) is 5.10 Å². The summed E-state index contributed by atoms with van der Waals surface area (Å²) in [5, 5.41) is 23.7. The van der Waals surface area contributed by atoms with E-state index >= 15 is 0 Å². The van der Waals surface area contributed by atoms with Crippen LogP contribution in [0.15, 0.2) is 18.5 Å². The van der Waals surface area contributed by atoms with Crippen LogP contribution in [0.1, 0.15) is 19.8 Å². The average Bonchev–Trinajstić information content (AvgIpc) is 3.08. The molecular weight excluding hydrogens is 270 g/mol. The van der Waals surface area contributed by atoms with Gasteiger partial charge >= 0.3 is 0 Å². The predicted molar refractivity (Wildman–Crippen MR) is 76.2 cm³/mol. The maximum Gasteiger partial charge on any atom is 0.227 e. The Morgan fingerprint density at radius 2 is 1.90 bits per heavy atom. The molecule has 0 aromatic carbocycles. The van der Waals surface area contributed by atoms with Crippen LogP contribution in [0.25, 0.3) is 0 Å². The molecule has 0 radical (unpaired) electrons. The fourth-order valence-corrected chi connectivity index (χ4v) is 3.67. The van der Waals surface area contributed by atoms with Crippen molar-refractivity contribution in [1.29, 1.82) is 0 Å². The number of likely N-dealkylation sites (tertiary alicyclic amines) is 1. The molecule has 1 aliphatic carbocycles. The lowest BCUT2D eigenvalue weighted by atomic mass is 9.79. The number of hydrogen-bond acceptors (Lipinski definition) is 4. The monoisotopic (exact) mass is 293 g/mol. The minimum atomic E-state index is -0.636. The van der Waals surface area contributed by atoms with Gasteiger partial charge in [0.1, 0.15) is 0 Å². The van der Waals surface area contributed by atoms with E-state index in [4.69, 9.17) is 0 Å². The second kappa shape index (κ2) is 5.77. The molecule has 1 aliphatic heterocycles. The first-order chi connectivity index (χ1) is 10.0. The second-order valence-corrected chi connectivity index (χ2v) is 6.50. The first-order valence-corrected chi connectivity index (χ1v) is 7.67. The molecule has 3 rings (SSSR count). The largest absolute Gasteiger partial charge is 0.390 e. The van der Waals surface area contributed by atoms with Gasteiger partial charge in [0, 0.05) is 25.5 Å². The summed E-state index contributed by atoms with van der Waals surface area (Å²) >= 11 is 0. The Labute approximate surface area is 124 Å². The van der Waals surface area contributed by atoms with Crippen molar-refractivity contribution >= 4 is 5.91 Å². The normalized spacial score (nSPS) is 33.8. The van der Waals surface area contributed by atoms with Crippen LogP contribution < -0.4 is 0 Å². The quantitative estimate of drug-likeness (QED) is 0.829. The van der Waals surface area contributed by atoms with Crippen molar-refractivity contribution in [3.05, 3.63) is 18.5 Å². The third-order valence-electron chi connectivity index (χ3n) is 4.86. The fourth-order valence-electron chi connectivity index (χ4n) is 3.67. The molecule has 1 saturated heterocycles. The van der Waals surface area contributed by atoms with Crippen molar-refractivity contribution < 1.29 is 15.0 Å². The molecule has 0 unspecified atom stereocenters. The van der Waals surface area contributed by atoms with E-state index in [2.05, 4.69) is 5.10 Å². The van der Waals surface area contributed by atoms with E-state index in [1.54, 1.807) is 10.9 Å². The Bertz CT molecular complexity index is 472. The van der Waals surface area contributed by atoms with Gasteiger partial charge in [0.05, 0.1) is 24.7 Å². The summed E-state index contributed by atoms with van der Waals surface area (Å²) in [4.78, 5) is 14.4. The van der Waals surface area contributed by atoms with Gasteiger partial charge in [-0.15, -0.1) is 0 Å². The SMILES string of the molecule is C[C@@H](Cn1cccn1)C(=O)N1C[C@H]2C[C@H](O)[C@@H](O)C[C@H]2C1. The smallest absolute Gasteiger partial charge is 0.227 e. The van der Waals surface area contributed by atoms with Crippen LogP contribution in [0.4, 0.5) is 0 Å². The standard InChI is InChI=1S/C15H23N3O3/c1-10(7-18-4-2-3-16-18)15(21)17-8-11-5-13(19)14(20)6-12(11)9-17/h2-4,10-14,19-20H,5-9H2,1H3/t10-,11-,12+,13-,14-/m0/s1. The summed E-state index contributed by atoms with van der Waals surface area (Å²) in [5.41, 5.74) is 0. The number of nitrogens with zero attached hydrogens (tertiary/aromatic N) is 3. The first-order valence-electron chi connectivity index (χ1n) is 7.67. The minimum Gasteiger partial charge on any atom is -0.390 e. The van der Waals surface area contributed by atoms with Crippen LogP contribution in [0.5, 0.6) is 0 Å². The lowest BCUT2D eigenvalue weighted by Crippen LogP contribution is -2.38. The molecular formula is C15H23N3O3. The summed E-state index contributed by atoms with van der Waals surface area (Å²) in [6, 6.07) is 1.85. The molecule has 1 amide bonds. The lowest BCUT2D eigenvalue weighted by Gasteiger charge is -2.31. The second-order valence-electron chi connectivity index (χ2n) is 6.50. The van der Waals surface area contributed by atoms with Crippen molar-refractivity contribution in [2.24, 2.45) is 17.8 Å². The average molecular weight is 293 g/mol. The Morgan fingerprint density at radius 3 is 2.43 bits per heavy atom. The van der Waals surface area contributed by atoms with Crippen LogP contribution in [0.3, 0.4) is 0 Å². The molecule has 0 bridgehead atoms. The van der Waals surface area contributed by atoms with Crippen LogP contribution in [0, 0.1) is 17.8 Å². The number of carbonyl (C=O) groups excluding carboxylic acids is 1. The van der Waals surface area contributed by atoms with Crippen LogP contribution in [-0.4, -0.2) is 56.1 Å². The summed E-state index contributed by atoms with van der Waals surface area (Å²) in [5.74, 6) is 0.678. The van der Waals surface area contributed by atoms with Crippen molar-refractivity contribution in [2.75, 3.05) is 13.1 Å². The van der Waals surface area contributed by atoms with E-state index in [1.807, 2.05) is 24.1 Å². The van der Waals surface area contributed by atoms with E-state index in [-0.39, 0.29) is 11.8 Å². The topological polar surface area (TPSA) is 78.6 Å². The highest BCUT2D eigenvalue weighted by molar-refractivity contribution is 5.78. The van der Waals surface area contributed by atoms with E-state index in [1.165, 1.54) is 0 Å². The third kappa shape index (κ3) is 2.96. The molecule has 2 heterocycles. The zero-order chi connectivity index (χ0) is 15.0. The molecule has 0 spiro atoms. The highest BCUT2D eigenvalue weighted by Crippen LogP contribution is 2.37. The Kier molecular flexibility index (Phi) is 3.99. The van der Waals surface area contributed by atoms with Crippen molar-refractivity contribution in [2.45, 2.75) is 38.5 Å². The first kappa shape index (κ1) is 14.5. The minimum absolute atomic E-state index is 0.111. The molecule has 6 heteroatoms. The highest BCUT2D eigenvalue weighted by Gasteiger charge is 2.42. The summed E-state index contributed by atoms with van der Waals surface area (Å²) in [6.45, 7) is 3.92. The molecule has 21 heavy (non-hydrogen) atoms. The van der Waals surface area contributed by atoms with Gasteiger partial charge < -0.3 is 15.1 Å². The molecule has 2 aliphatic rings. The van der Waals surface area contributed by atoms with E-state index < -0.39 is 12.2 Å². The zero-order valence-corrected chi connectivity index (χ0v) is 12.3. The van der Waals surface area contributed by atoms with Crippen molar-refractivity contribution in [3.63, 3.8) is 0 Å². The zero-order valence-electron chi connectivity index (χ0n) is 12.3. The van der Waals surface area contributed by atoms with Gasteiger partial charge in [-0.25, -0.2) is 0 Å². The Balaban J connectivity index is 1.59. The Hall–Kier alpha value is -1.40. The molecule has 2 N–H and O–H groups in total. The number of amides is 1. The van der Waals surface area contributed by atoms with Crippen molar-refractivity contribution in [3.8, 4) is 0 Å². The Morgan fingerprint density at radius 1 is 1.29 bits per heavy atom. The molecule has 1 saturated carbocycles.